The molecule has 0 fully saturated rings. The molecule has 0 spiro atoms. The van der Waals surface area contributed by atoms with Crippen LogP contribution in [0.4, 0.5) is 4.39 Å². The molecule has 0 saturated carbocycles. The van der Waals surface area contributed by atoms with E-state index in [-0.39, 0.29) is 5.82 Å². The minimum atomic E-state index is -0.0910. The Morgan fingerprint density at radius 3 is 2.45 bits per heavy atom. The molecule has 0 heterocycles. The van der Waals surface area contributed by atoms with Crippen LogP contribution in [0.15, 0.2) is 36.4 Å². The maximum atomic E-state index is 13.9. The molecule has 0 radical (unpaired) electrons. The van der Waals surface area contributed by atoms with Crippen LogP contribution in [0.3, 0.4) is 0 Å². The van der Waals surface area contributed by atoms with Crippen molar-refractivity contribution < 1.29 is 4.39 Å². The molecular formula is C19H23F. The Hall–Kier alpha value is -1.63. The Morgan fingerprint density at radius 2 is 1.80 bits per heavy atom. The van der Waals surface area contributed by atoms with Gasteiger partial charge in [-0.2, -0.15) is 0 Å². The lowest BCUT2D eigenvalue weighted by molar-refractivity contribution is 0.574. The molecule has 0 aliphatic rings. The molecular weight excluding hydrogens is 247 g/mol. The van der Waals surface area contributed by atoms with Crippen molar-refractivity contribution in [2.75, 3.05) is 0 Å². The Morgan fingerprint density at radius 1 is 1.05 bits per heavy atom. The van der Waals surface area contributed by atoms with E-state index in [0.717, 1.165) is 24.0 Å². The summed E-state index contributed by atoms with van der Waals surface area (Å²) in [6.07, 6.45) is 1.81. The number of rotatable bonds is 4. The van der Waals surface area contributed by atoms with Crippen LogP contribution < -0.4 is 0 Å². The Labute approximate surface area is 121 Å². The first-order valence-corrected chi connectivity index (χ1v) is 7.39. The van der Waals surface area contributed by atoms with Gasteiger partial charge in [0.05, 0.1) is 0 Å². The number of benzene rings is 2. The monoisotopic (exact) mass is 270 g/mol. The van der Waals surface area contributed by atoms with Gasteiger partial charge in [-0.1, -0.05) is 45.0 Å². The topological polar surface area (TPSA) is 0 Å². The molecule has 0 aliphatic heterocycles. The zero-order valence-corrected chi connectivity index (χ0v) is 12.8. The van der Waals surface area contributed by atoms with Gasteiger partial charge in [0.2, 0.25) is 0 Å². The first-order chi connectivity index (χ1) is 9.51. The van der Waals surface area contributed by atoms with E-state index < -0.39 is 0 Å². The van der Waals surface area contributed by atoms with E-state index in [1.807, 2.05) is 12.1 Å². The molecule has 106 valence electrons. The minimum absolute atomic E-state index is 0.0910. The predicted octanol–water partition coefficient (Wildman–Crippen LogP) is 5.56. The fourth-order valence-corrected chi connectivity index (χ4v) is 2.54. The molecule has 0 N–H and O–H groups in total. The van der Waals surface area contributed by atoms with Gasteiger partial charge < -0.3 is 0 Å². The van der Waals surface area contributed by atoms with Crippen LogP contribution in [0.5, 0.6) is 0 Å². The molecule has 0 amide bonds. The summed E-state index contributed by atoms with van der Waals surface area (Å²) < 4.78 is 13.9. The highest BCUT2D eigenvalue weighted by Gasteiger charge is 2.09. The first-order valence-electron chi connectivity index (χ1n) is 7.39. The van der Waals surface area contributed by atoms with Gasteiger partial charge in [-0.3, -0.25) is 0 Å². The van der Waals surface area contributed by atoms with Crippen molar-refractivity contribution in [2.45, 2.75) is 40.5 Å². The van der Waals surface area contributed by atoms with Crippen molar-refractivity contribution >= 4 is 0 Å². The summed E-state index contributed by atoms with van der Waals surface area (Å²) in [6.45, 7) is 8.51. The maximum absolute atomic E-state index is 13.9. The van der Waals surface area contributed by atoms with Gasteiger partial charge in [-0.05, 0) is 65.6 Å². The lowest BCUT2D eigenvalue weighted by Crippen LogP contribution is -1.98. The summed E-state index contributed by atoms with van der Waals surface area (Å²) in [5, 5.41) is 0. The molecule has 20 heavy (non-hydrogen) atoms. The molecule has 2 rings (SSSR count). The SMILES string of the molecule is CCc1ccc(C)c(-c2ccc(F)c(CC(C)C)c2)c1. The molecule has 0 unspecified atom stereocenters. The van der Waals surface area contributed by atoms with Crippen LogP contribution in [0.2, 0.25) is 0 Å². The summed E-state index contributed by atoms with van der Waals surface area (Å²) in [6, 6.07) is 12.0. The quantitative estimate of drug-likeness (QED) is 0.682. The highest BCUT2D eigenvalue weighted by atomic mass is 19.1. The molecule has 0 saturated heterocycles. The lowest BCUT2D eigenvalue weighted by atomic mass is 9.94. The van der Waals surface area contributed by atoms with Crippen molar-refractivity contribution in [1.29, 1.82) is 0 Å². The van der Waals surface area contributed by atoms with E-state index in [1.54, 1.807) is 6.07 Å². The van der Waals surface area contributed by atoms with Crippen LogP contribution in [0.25, 0.3) is 11.1 Å². The third-order valence-electron chi connectivity index (χ3n) is 3.70. The predicted molar refractivity (Wildman–Crippen MR) is 84.5 cm³/mol. The van der Waals surface area contributed by atoms with Crippen molar-refractivity contribution in [3.05, 3.63) is 58.9 Å². The molecule has 2 aromatic rings. The zero-order valence-electron chi connectivity index (χ0n) is 12.8. The number of hydrogen-bond acceptors (Lipinski definition) is 0. The Balaban J connectivity index is 2.47. The molecule has 0 atom stereocenters. The summed E-state index contributed by atoms with van der Waals surface area (Å²) in [5.74, 6) is 0.370. The van der Waals surface area contributed by atoms with Crippen LogP contribution in [0, 0.1) is 18.7 Å². The van der Waals surface area contributed by atoms with Crippen molar-refractivity contribution in [1.82, 2.24) is 0 Å². The van der Waals surface area contributed by atoms with Crippen molar-refractivity contribution in [2.24, 2.45) is 5.92 Å². The van der Waals surface area contributed by atoms with Crippen LogP contribution >= 0.6 is 0 Å². The van der Waals surface area contributed by atoms with E-state index in [2.05, 4.69) is 45.9 Å². The van der Waals surface area contributed by atoms with Gasteiger partial charge in [-0.25, -0.2) is 4.39 Å². The summed E-state index contributed by atoms with van der Waals surface area (Å²) in [4.78, 5) is 0. The molecule has 0 nitrogen and oxygen atoms in total. The highest BCUT2D eigenvalue weighted by molar-refractivity contribution is 5.68. The summed E-state index contributed by atoms with van der Waals surface area (Å²) in [5.41, 5.74) is 5.72. The third-order valence-corrected chi connectivity index (χ3v) is 3.70. The Kier molecular flexibility index (Phi) is 4.59. The van der Waals surface area contributed by atoms with Crippen LogP contribution in [0.1, 0.15) is 37.5 Å². The molecule has 0 aliphatic carbocycles. The molecule has 0 aromatic heterocycles. The van der Waals surface area contributed by atoms with E-state index in [4.69, 9.17) is 0 Å². The van der Waals surface area contributed by atoms with E-state index in [0.29, 0.717) is 5.92 Å². The zero-order chi connectivity index (χ0) is 14.7. The fourth-order valence-electron chi connectivity index (χ4n) is 2.54. The van der Waals surface area contributed by atoms with E-state index in [1.165, 1.54) is 16.7 Å². The first kappa shape index (κ1) is 14.8. The van der Waals surface area contributed by atoms with Crippen LogP contribution in [-0.2, 0) is 12.8 Å². The summed E-state index contributed by atoms with van der Waals surface area (Å²) in [7, 11) is 0. The molecule has 0 bridgehead atoms. The average Bonchev–Trinajstić information content (AvgIpc) is 2.41. The molecule has 2 aromatic carbocycles. The second-order valence-corrected chi connectivity index (χ2v) is 5.91. The average molecular weight is 270 g/mol. The van der Waals surface area contributed by atoms with Gasteiger partial charge in [0.25, 0.3) is 0 Å². The smallest absolute Gasteiger partial charge is 0.126 e. The fraction of sp³-hybridized carbons (Fsp3) is 0.368. The number of aryl methyl sites for hydroxylation is 2. The highest BCUT2D eigenvalue weighted by Crippen LogP contribution is 2.27. The van der Waals surface area contributed by atoms with Gasteiger partial charge in [-0.15, -0.1) is 0 Å². The standard InChI is InChI=1S/C19H23F/c1-5-15-7-6-14(4)18(11-15)16-8-9-19(20)17(12-16)10-13(2)3/h6-9,11-13H,5,10H2,1-4H3. The Bertz CT molecular complexity index is 597. The lowest BCUT2D eigenvalue weighted by Gasteiger charge is -2.12. The largest absolute Gasteiger partial charge is 0.207 e. The minimum Gasteiger partial charge on any atom is -0.207 e. The normalized spacial score (nSPS) is 11.1. The maximum Gasteiger partial charge on any atom is 0.126 e. The van der Waals surface area contributed by atoms with Crippen LogP contribution in [-0.4, -0.2) is 0 Å². The van der Waals surface area contributed by atoms with E-state index >= 15 is 0 Å². The van der Waals surface area contributed by atoms with Gasteiger partial charge in [0.1, 0.15) is 5.82 Å². The number of hydrogen-bond donors (Lipinski definition) is 0. The van der Waals surface area contributed by atoms with Gasteiger partial charge >= 0.3 is 0 Å². The second kappa shape index (κ2) is 6.21. The van der Waals surface area contributed by atoms with Gasteiger partial charge in [0, 0.05) is 0 Å². The van der Waals surface area contributed by atoms with E-state index in [9.17, 15) is 4.39 Å². The second-order valence-electron chi connectivity index (χ2n) is 5.91. The number of halogens is 1. The molecule has 1 heteroatoms. The van der Waals surface area contributed by atoms with Crippen molar-refractivity contribution in [3.63, 3.8) is 0 Å². The summed E-state index contributed by atoms with van der Waals surface area (Å²) >= 11 is 0. The third kappa shape index (κ3) is 3.27. The van der Waals surface area contributed by atoms with Crippen molar-refractivity contribution in [3.8, 4) is 11.1 Å². The van der Waals surface area contributed by atoms with Gasteiger partial charge in [0.15, 0.2) is 0 Å².